The second-order valence-corrected chi connectivity index (χ2v) is 5.56. The Kier molecular flexibility index (Phi) is 5.03. The molecule has 1 atom stereocenters. The fourth-order valence-electron chi connectivity index (χ4n) is 2.87. The molecule has 120 valence electrons. The number of benzene rings is 1. The van der Waals surface area contributed by atoms with Gasteiger partial charge in [-0.25, -0.2) is 9.78 Å². The van der Waals surface area contributed by atoms with Gasteiger partial charge in [0, 0.05) is 25.5 Å². The summed E-state index contributed by atoms with van der Waals surface area (Å²) in [6.07, 6.45) is 8.09. The summed E-state index contributed by atoms with van der Waals surface area (Å²) in [7, 11) is 0. The number of nitrogens with one attached hydrogen (secondary N) is 3. The molecule has 1 aromatic heterocycles. The van der Waals surface area contributed by atoms with E-state index in [0.717, 1.165) is 19.3 Å². The van der Waals surface area contributed by atoms with Crippen molar-refractivity contribution in [3.05, 3.63) is 54.0 Å². The monoisotopic (exact) mass is 311 g/mol. The lowest BCUT2D eigenvalue weighted by Crippen LogP contribution is -2.40. The number of anilines is 1. The van der Waals surface area contributed by atoms with Crippen molar-refractivity contribution in [2.24, 2.45) is 0 Å². The van der Waals surface area contributed by atoms with Crippen molar-refractivity contribution < 1.29 is 4.79 Å². The van der Waals surface area contributed by atoms with Gasteiger partial charge in [-0.3, -0.25) is 4.98 Å². The molecule has 1 unspecified atom stereocenters. The number of carbonyl (C=O) groups is 1. The fraction of sp³-hybridized carbons (Fsp3) is 0.353. The number of urea groups is 1. The molecule has 3 N–H and O–H groups in total. The molecule has 1 heterocycles. The Morgan fingerprint density at radius 3 is 3.00 bits per heavy atom. The lowest BCUT2D eigenvalue weighted by atomic mass is 9.88. The zero-order valence-corrected chi connectivity index (χ0v) is 13.0. The molecule has 2 aromatic rings. The van der Waals surface area contributed by atoms with Crippen molar-refractivity contribution >= 4 is 11.8 Å². The molecule has 0 radical (unpaired) electrons. The lowest BCUT2D eigenvalue weighted by Gasteiger charge is -2.26. The first-order chi connectivity index (χ1) is 11.3. The normalized spacial score (nSPS) is 16.3. The Morgan fingerprint density at radius 1 is 1.22 bits per heavy atom. The second-order valence-electron chi connectivity index (χ2n) is 5.56. The molecule has 0 aliphatic heterocycles. The van der Waals surface area contributed by atoms with Gasteiger partial charge in [-0.05, 0) is 30.4 Å². The number of hydrogen-bond acceptors (Lipinski definition) is 4. The largest absolute Gasteiger partial charge is 0.367 e. The van der Waals surface area contributed by atoms with Gasteiger partial charge in [-0.15, -0.1) is 0 Å². The lowest BCUT2D eigenvalue weighted by molar-refractivity contribution is 0.236. The highest BCUT2D eigenvalue weighted by Crippen LogP contribution is 2.29. The average Bonchev–Trinajstić information content (AvgIpc) is 2.60. The first-order valence-corrected chi connectivity index (χ1v) is 7.95. The van der Waals surface area contributed by atoms with Gasteiger partial charge < -0.3 is 16.0 Å². The van der Waals surface area contributed by atoms with E-state index in [9.17, 15) is 4.79 Å². The quantitative estimate of drug-likeness (QED) is 0.740. The van der Waals surface area contributed by atoms with Gasteiger partial charge in [-0.1, -0.05) is 24.3 Å². The Labute approximate surface area is 135 Å². The van der Waals surface area contributed by atoms with Crippen LogP contribution in [0.5, 0.6) is 0 Å². The third-order valence-electron chi connectivity index (χ3n) is 3.95. The number of carbonyl (C=O) groups excluding carboxylic acids is 1. The summed E-state index contributed by atoms with van der Waals surface area (Å²) < 4.78 is 0. The van der Waals surface area contributed by atoms with Crippen LogP contribution in [0.1, 0.15) is 30.0 Å². The van der Waals surface area contributed by atoms with Crippen molar-refractivity contribution in [3.8, 4) is 0 Å². The molecule has 6 nitrogen and oxygen atoms in total. The van der Waals surface area contributed by atoms with Gasteiger partial charge in [0.1, 0.15) is 5.82 Å². The smallest absolute Gasteiger partial charge is 0.315 e. The number of nitrogens with zero attached hydrogens (tertiary/aromatic N) is 2. The standard InChI is InChI=1S/C17H21N5O/c23-17(21-11-10-20-16-12-18-8-9-19-16)22-15-7-3-5-13-4-1-2-6-14(13)15/h1-2,4,6,8-9,12,15H,3,5,7,10-11H2,(H,19,20)(H2,21,22,23). The molecule has 1 aromatic carbocycles. The molecule has 6 heteroatoms. The van der Waals surface area contributed by atoms with Crippen LogP contribution in [-0.4, -0.2) is 29.1 Å². The minimum absolute atomic E-state index is 0.105. The maximum absolute atomic E-state index is 12.1. The predicted molar refractivity (Wildman–Crippen MR) is 89.2 cm³/mol. The number of fused-ring (bicyclic) bond motifs is 1. The zero-order chi connectivity index (χ0) is 15.9. The molecule has 0 fully saturated rings. The second kappa shape index (κ2) is 7.58. The van der Waals surface area contributed by atoms with E-state index in [1.165, 1.54) is 11.1 Å². The summed E-state index contributed by atoms with van der Waals surface area (Å²) in [5.74, 6) is 0.705. The summed E-state index contributed by atoms with van der Waals surface area (Å²) in [6.45, 7) is 1.13. The third-order valence-corrected chi connectivity index (χ3v) is 3.95. The number of aryl methyl sites for hydroxylation is 1. The molecule has 0 spiro atoms. The highest BCUT2D eigenvalue weighted by molar-refractivity contribution is 5.74. The zero-order valence-electron chi connectivity index (χ0n) is 13.0. The molecule has 1 aliphatic carbocycles. The van der Waals surface area contributed by atoms with Crippen LogP contribution in [0.3, 0.4) is 0 Å². The number of aromatic nitrogens is 2. The number of rotatable bonds is 5. The molecule has 23 heavy (non-hydrogen) atoms. The Morgan fingerprint density at radius 2 is 2.13 bits per heavy atom. The first kappa shape index (κ1) is 15.3. The maximum atomic E-state index is 12.1. The van der Waals surface area contributed by atoms with E-state index in [-0.39, 0.29) is 12.1 Å². The Hall–Kier alpha value is -2.63. The highest BCUT2D eigenvalue weighted by Gasteiger charge is 2.20. The van der Waals surface area contributed by atoms with Gasteiger partial charge in [-0.2, -0.15) is 0 Å². The molecule has 1 aliphatic rings. The SMILES string of the molecule is O=C(NCCNc1cnccn1)NC1CCCc2ccccc21. The van der Waals surface area contributed by atoms with E-state index in [4.69, 9.17) is 0 Å². The van der Waals surface area contributed by atoms with Gasteiger partial charge in [0.25, 0.3) is 0 Å². The highest BCUT2D eigenvalue weighted by atomic mass is 16.2. The predicted octanol–water partition coefficient (Wildman–Crippen LogP) is 2.27. The van der Waals surface area contributed by atoms with Crippen LogP contribution in [-0.2, 0) is 6.42 Å². The van der Waals surface area contributed by atoms with Crippen LogP contribution in [0.4, 0.5) is 10.6 Å². The summed E-state index contributed by atoms with van der Waals surface area (Å²) in [4.78, 5) is 20.1. The van der Waals surface area contributed by atoms with E-state index in [2.05, 4.69) is 44.1 Å². The molecular weight excluding hydrogens is 290 g/mol. The minimum Gasteiger partial charge on any atom is -0.367 e. The molecule has 0 saturated carbocycles. The maximum Gasteiger partial charge on any atom is 0.315 e. The Bertz CT molecular complexity index is 646. The van der Waals surface area contributed by atoms with Crippen LogP contribution in [0.15, 0.2) is 42.9 Å². The molecule has 0 bridgehead atoms. The number of hydrogen-bond donors (Lipinski definition) is 3. The van der Waals surface area contributed by atoms with Crippen LogP contribution < -0.4 is 16.0 Å². The number of amides is 2. The van der Waals surface area contributed by atoms with E-state index in [1.54, 1.807) is 18.6 Å². The summed E-state index contributed by atoms with van der Waals surface area (Å²) in [5, 5.41) is 9.04. The molecule has 2 amide bonds. The molecular formula is C17H21N5O. The van der Waals surface area contributed by atoms with Crippen molar-refractivity contribution in [2.45, 2.75) is 25.3 Å². The van der Waals surface area contributed by atoms with Crippen LogP contribution in [0.25, 0.3) is 0 Å². The van der Waals surface area contributed by atoms with Gasteiger partial charge in [0.15, 0.2) is 0 Å². The van der Waals surface area contributed by atoms with E-state index >= 15 is 0 Å². The van der Waals surface area contributed by atoms with Gasteiger partial charge in [0.05, 0.1) is 12.2 Å². The van der Waals surface area contributed by atoms with Crippen LogP contribution in [0, 0.1) is 0 Å². The van der Waals surface area contributed by atoms with Crippen molar-refractivity contribution in [1.29, 1.82) is 0 Å². The molecule has 3 rings (SSSR count). The van der Waals surface area contributed by atoms with E-state index in [0.29, 0.717) is 18.9 Å². The summed E-state index contributed by atoms with van der Waals surface area (Å²) >= 11 is 0. The topological polar surface area (TPSA) is 78.9 Å². The van der Waals surface area contributed by atoms with E-state index in [1.807, 2.05) is 6.07 Å². The van der Waals surface area contributed by atoms with Crippen LogP contribution >= 0.6 is 0 Å². The van der Waals surface area contributed by atoms with Gasteiger partial charge >= 0.3 is 6.03 Å². The van der Waals surface area contributed by atoms with Crippen molar-refractivity contribution in [2.75, 3.05) is 18.4 Å². The van der Waals surface area contributed by atoms with Crippen molar-refractivity contribution in [1.82, 2.24) is 20.6 Å². The molecule has 0 saturated heterocycles. The Balaban J connectivity index is 1.43. The summed E-state index contributed by atoms with van der Waals surface area (Å²) in [5.41, 5.74) is 2.58. The minimum atomic E-state index is -0.132. The average molecular weight is 311 g/mol. The third kappa shape index (κ3) is 4.18. The first-order valence-electron chi connectivity index (χ1n) is 7.95. The van der Waals surface area contributed by atoms with E-state index < -0.39 is 0 Å². The summed E-state index contributed by atoms with van der Waals surface area (Å²) in [6, 6.07) is 8.31. The fourth-order valence-corrected chi connectivity index (χ4v) is 2.87. The van der Waals surface area contributed by atoms with Gasteiger partial charge in [0.2, 0.25) is 0 Å². The van der Waals surface area contributed by atoms with Crippen molar-refractivity contribution in [3.63, 3.8) is 0 Å². The van der Waals surface area contributed by atoms with Crippen LogP contribution in [0.2, 0.25) is 0 Å².